The first-order valence-electron chi connectivity index (χ1n) is 9.37. The summed E-state index contributed by atoms with van der Waals surface area (Å²) in [5.41, 5.74) is 4.39. The van der Waals surface area contributed by atoms with Gasteiger partial charge in [0.1, 0.15) is 12.4 Å². The van der Waals surface area contributed by atoms with Gasteiger partial charge in [-0.15, -0.1) is 0 Å². The van der Waals surface area contributed by atoms with Gasteiger partial charge in [-0.05, 0) is 42.2 Å². The van der Waals surface area contributed by atoms with Crippen LogP contribution < -0.4 is 19.6 Å². The zero-order valence-electron chi connectivity index (χ0n) is 16.7. The van der Waals surface area contributed by atoms with Gasteiger partial charge in [-0.2, -0.15) is 5.10 Å². The van der Waals surface area contributed by atoms with Gasteiger partial charge >= 0.3 is 0 Å². The van der Waals surface area contributed by atoms with E-state index < -0.39 is 6.10 Å². The van der Waals surface area contributed by atoms with Crippen LogP contribution in [-0.4, -0.2) is 31.4 Å². The Kier molecular flexibility index (Phi) is 5.87. The highest BCUT2D eigenvalue weighted by Crippen LogP contribution is 2.36. The lowest BCUT2D eigenvalue weighted by molar-refractivity contribution is -0.130. The number of hydrogen-bond donors (Lipinski definition) is 1. The Bertz CT molecular complexity index is 871. The second-order valence-electron chi connectivity index (χ2n) is 7.53. The van der Waals surface area contributed by atoms with Gasteiger partial charge < -0.3 is 14.2 Å². The first-order chi connectivity index (χ1) is 13.4. The molecule has 3 rings (SSSR count). The summed E-state index contributed by atoms with van der Waals surface area (Å²) in [5.74, 6) is 1.57. The Morgan fingerprint density at radius 1 is 1.25 bits per heavy atom. The van der Waals surface area contributed by atoms with Gasteiger partial charge in [-0.25, -0.2) is 5.43 Å². The molecule has 1 heterocycles. The van der Waals surface area contributed by atoms with Crippen molar-refractivity contribution in [1.82, 2.24) is 5.43 Å². The summed E-state index contributed by atoms with van der Waals surface area (Å²) in [6.07, 6.45) is 0.792. The van der Waals surface area contributed by atoms with Crippen LogP contribution in [0.5, 0.6) is 17.2 Å². The van der Waals surface area contributed by atoms with Crippen molar-refractivity contribution in [2.45, 2.75) is 39.2 Å². The third-order valence-corrected chi connectivity index (χ3v) is 4.36. The van der Waals surface area contributed by atoms with E-state index in [1.54, 1.807) is 6.21 Å². The smallest absolute Gasteiger partial charge is 0.284 e. The number of carbonyl (C=O) groups excluding carboxylic acids is 1. The minimum Gasteiger partial charge on any atom is -0.493 e. The fourth-order valence-electron chi connectivity index (χ4n) is 2.78. The fourth-order valence-corrected chi connectivity index (χ4v) is 2.78. The standard InChI is InChI=1S/C22H26N2O4/c1-5-26-17-9-7-6-8-15(17)13-23-24-21(25)20-14-27-18-11-10-16(22(2,3)4)12-19(18)28-20/h6-13,20H,5,14H2,1-4H3,(H,24,25)/b23-13+/t20-/m0/s1. The van der Waals surface area contributed by atoms with Gasteiger partial charge in [0.05, 0.1) is 12.8 Å². The molecule has 0 fully saturated rings. The molecule has 28 heavy (non-hydrogen) atoms. The third kappa shape index (κ3) is 4.63. The molecular weight excluding hydrogens is 356 g/mol. The van der Waals surface area contributed by atoms with Crippen molar-refractivity contribution >= 4 is 12.1 Å². The molecule has 0 saturated heterocycles. The largest absolute Gasteiger partial charge is 0.493 e. The monoisotopic (exact) mass is 382 g/mol. The molecule has 148 valence electrons. The average Bonchev–Trinajstić information content (AvgIpc) is 2.68. The minimum atomic E-state index is -0.762. The van der Waals surface area contributed by atoms with Crippen molar-refractivity contribution in [2.75, 3.05) is 13.2 Å². The summed E-state index contributed by atoms with van der Waals surface area (Å²) in [6, 6.07) is 13.3. The lowest BCUT2D eigenvalue weighted by Crippen LogP contribution is -2.42. The summed E-state index contributed by atoms with van der Waals surface area (Å²) in [5, 5.41) is 4.03. The van der Waals surface area contributed by atoms with Crippen LogP contribution in [0.4, 0.5) is 0 Å². The van der Waals surface area contributed by atoms with Crippen molar-refractivity contribution < 1.29 is 19.0 Å². The topological polar surface area (TPSA) is 69.2 Å². The van der Waals surface area contributed by atoms with Crippen LogP contribution in [0.15, 0.2) is 47.6 Å². The molecule has 0 aromatic heterocycles. The Hall–Kier alpha value is -3.02. The van der Waals surface area contributed by atoms with E-state index in [1.165, 1.54) is 0 Å². The highest BCUT2D eigenvalue weighted by molar-refractivity contribution is 5.86. The molecule has 6 nitrogen and oxygen atoms in total. The number of amides is 1. The molecule has 0 unspecified atom stereocenters. The summed E-state index contributed by atoms with van der Waals surface area (Å²) in [4.78, 5) is 12.4. The Morgan fingerprint density at radius 3 is 2.79 bits per heavy atom. The maximum absolute atomic E-state index is 12.4. The second-order valence-corrected chi connectivity index (χ2v) is 7.53. The number of nitrogens with one attached hydrogen (secondary N) is 1. The van der Waals surface area contributed by atoms with Gasteiger partial charge in [0.25, 0.3) is 5.91 Å². The average molecular weight is 382 g/mol. The van der Waals surface area contributed by atoms with E-state index in [1.807, 2.05) is 49.4 Å². The molecule has 2 aromatic carbocycles. The molecule has 0 bridgehead atoms. The lowest BCUT2D eigenvalue weighted by atomic mass is 9.87. The van der Waals surface area contributed by atoms with Crippen LogP contribution in [0.25, 0.3) is 0 Å². The molecule has 0 saturated carbocycles. The van der Waals surface area contributed by atoms with Gasteiger partial charge in [-0.1, -0.05) is 39.0 Å². The number of rotatable bonds is 5. The number of nitrogens with zero attached hydrogens (tertiary/aromatic N) is 1. The minimum absolute atomic E-state index is 0.0220. The number of hydrogen-bond acceptors (Lipinski definition) is 5. The van der Waals surface area contributed by atoms with Crippen molar-refractivity contribution in [1.29, 1.82) is 0 Å². The van der Waals surface area contributed by atoms with E-state index in [-0.39, 0.29) is 17.9 Å². The van der Waals surface area contributed by atoms with Gasteiger partial charge in [0, 0.05) is 5.56 Å². The maximum Gasteiger partial charge on any atom is 0.284 e. The van der Waals surface area contributed by atoms with Crippen molar-refractivity contribution in [3.05, 3.63) is 53.6 Å². The molecule has 0 spiro atoms. The quantitative estimate of drug-likeness (QED) is 0.633. The highest BCUT2D eigenvalue weighted by Gasteiger charge is 2.28. The molecule has 0 radical (unpaired) electrons. The predicted octanol–water partition coefficient (Wildman–Crippen LogP) is 3.67. The normalized spacial score (nSPS) is 16.1. The Morgan fingerprint density at radius 2 is 2.04 bits per heavy atom. The number of carbonyl (C=O) groups is 1. The number of fused-ring (bicyclic) bond motifs is 1. The summed E-state index contributed by atoms with van der Waals surface area (Å²) in [6.45, 7) is 8.98. The summed E-state index contributed by atoms with van der Waals surface area (Å²) < 4.78 is 17.1. The van der Waals surface area contributed by atoms with Crippen LogP contribution in [0.3, 0.4) is 0 Å². The second kappa shape index (κ2) is 8.33. The van der Waals surface area contributed by atoms with Crippen molar-refractivity contribution in [3.8, 4) is 17.2 Å². The van der Waals surface area contributed by atoms with E-state index in [0.29, 0.717) is 23.9 Å². The lowest BCUT2D eigenvalue weighted by Gasteiger charge is -2.27. The molecule has 0 aliphatic carbocycles. The molecule has 1 aliphatic heterocycles. The number of ether oxygens (including phenoxy) is 3. The van der Waals surface area contributed by atoms with Crippen molar-refractivity contribution in [3.63, 3.8) is 0 Å². The van der Waals surface area contributed by atoms with E-state index in [4.69, 9.17) is 14.2 Å². The highest BCUT2D eigenvalue weighted by atomic mass is 16.6. The molecule has 2 aromatic rings. The van der Waals surface area contributed by atoms with Gasteiger partial charge in [-0.3, -0.25) is 4.79 Å². The summed E-state index contributed by atoms with van der Waals surface area (Å²) >= 11 is 0. The Labute approximate surface area is 165 Å². The summed E-state index contributed by atoms with van der Waals surface area (Å²) in [7, 11) is 0. The number of para-hydroxylation sites is 1. The van der Waals surface area contributed by atoms with Crippen molar-refractivity contribution in [2.24, 2.45) is 5.10 Å². The fraction of sp³-hybridized carbons (Fsp3) is 0.364. The van der Waals surface area contributed by atoms with Crippen LogP contribution in [0.1, 0.15) is 38.8 Å². The van der Waals surface area contributed by atoms with Gasteiger partial charge in [0.2, 0.25) is 6.10 Å². The van der Waals surface area contributed by atoms with Crippen LogP contribution in [-0.2, 0) is 10.2 Å². The maximum atomic E-state index is 12.4. The van der Waals surface area contributed by atoms with E-state index in [9.17, 15) is 4.79 Å². The third-order valence-electron chi connectivity index (χ3n) is 4.36. The zero-order chi connectivity index (χ0) is 20.1. The predicted molar refractivity (Wildman–Crippen MR) is 108 cm³/mol. The molecule has 6 heteroatoms. The van der Waals surface area contributed by atoms with E-state index in [0.717, 1.165) is 11.1 Å². The molecule has 1 amide bonds. The number of benzene rings is 2. The molecule has 1 N–H and O–H groups in total. The van der Waals surface area contributed by atoms with E-state index >= 15 is 0 Å². The first-order valence-corrected chi connectivity index (χ1v) is 9.37. The van der Waals surface area contributed by atoms with Crippen LogP contribution in [0, 0.1) is 0 Å². The van der Waals surface area contributed by atoms with Crippen LogP contribution >= 0.6 is 0 Å². The first kappa shape index (κ1) is 19.7. The van der Waals surface area contributed by atoms with E-state index in [2.05, 4.69) is 31.3 Å². The molecular formula is C22H26N2O4. The van der Waals surface area contributed by atoms with Crippen LogP contribution in [0.2, 0.25) is 0 Å². The SMILES string of the molecule is CCOc1ccccc1/C=N/NC(=O)[C@@H]1COc2ccc(C(C)(C)C)cc2O1. The Balaban J connectivity index is 1.65. The molecule has 1 aliphatic rings. The van der Waals surface area contributed by atoms with Gasteiger partial charge in [0.15, 0.2) is 11.5 Å². The number of hydrazone groups is 1. The zero-order valence-corrected chi connectivity index (χ0v) is 16.7. The molecule has 1 atom stereocenters.